The lowest BCUT2D eigenvalue weighted by Crippen LogP contribution is -2.45. The largest absolute Gasteiger partial charge is 0.405 e. The van der Waals surface area contributed by atoms with Gasteiger partial charge in [-0.05, 0) is 30.5 Å². The average Bonchev–Trinajstić information content (AvgIpc) is 2.62. The van der Waals surface area contributed by atoms with Gasteiger partial charge in [0.05, 0.1) is 17.4 Å². The van der Waals surface area contributed by atoms with Crippen molar-refractivity contribution in [1.29, 1.82) is 0 Å². The first-order chi connectivity index (χ1) is 12.6. The average molecular weight is 373 g/mol. The van der Waals surface area contributed by atoms with Gasteiger partial charge in [-0.3, -0.25) is 9.69 Å². The molecule has 136 valence electrons. The van der Waals surface area contributed by atoms with E-state index in [0.29, 0.717) is 28.3 Å². The van der Waals surface area contributed by atoms with Gasteiger partial charge < -0.3 is 15.6 Å². The van der Waals surface area contributed by atoms with Crippen LogP contribution in [0.25, 0.3) is 10.9 Å². The van der Waals surface area contributed by atoms with Crippen LogP contribution in [0.3, 0.4) is 0 Å². The molecule has 1 fully saturated rings. The molecule has 1 aliphatic heterocycles. The monoisotopic (exact) mass is 372 g/mol. The number of hydrogen-bond donors (Lipinski definition) is 2. The first-order valence-corrected chi connectivity index (χ1v) is 8.70. The van der Waals surface area contributed by atoms with Crippen molar-refractivity contribution < 1.29 is 0 Å². The number of nitrogens with one attached hydrogen (secondary N) is 1. The molecule has 0 spiro atoms. The topological polar surface area (TPSA) is 90.6 Å². The third kappa shape index (κ3) is 4.30. The minimum Gasteiger partial charge on any atom is -0.405 e. The molecule has 3 rings (SSSR count). The van der Waals surface area contributed by atoms with Crippen molar-refractivity contribution >= 4 is 28.7 Å². The van der Waals surface area contributed by atoms with Crippen molar-refractivity contribution in [1.82, 2.24) is 19.8 Å². The molecule has 2 heterocycles. The second kappa shape index (κ2) is 8.16. The number of H-pyrrole nitrogens is 1. The number of fused-ring (bicyclic) bond motifs is 1. The van der Waals surface area contributed by atoms with E-state index < -0.39 is 0 Å². The maximum absolute atomic E-state index is 12.2. The minimum atomic E-state index is -0.143. The Morgan fingerprint density at radius 2 is 2.15 bits per heavy atom. The number of rotatable bonds is 5. The Balaban J connectivity index is 1.64. The van der Waals surface area contributed by atoms with Crippen molar-refractivity contribution in [3.05, 3.63) is 64.1 Å². The van der Waals surface area contributed by atoms with E-state index in [1.54, 1.807) is 30.5 Å². The fraction of sp³-hybridized carbons (Fsp3) is 0.278. The lowest BCUT2D eigenvalue weighted by atomic mass is 10.2. The summed E-state index contributed by atoms with van der Waals surface area (Å²) in [6.07, 6.45) is 4.72. The summed E-state index contributed by atoms with van der Waals surface area (Å²) in [4.78, 5) is 28.2. The van der Waals surface area contributed by atoms with Gasteiger partial charge in [-0.15, -0.1) is 0 Å². The fourth-order valence-corrected chi connectivity index (χ4v) is 3.04. The Bertz CT molecular complexity index is 912. The van der Waals surface area contributed by atoms with Crippen molar-refractivity contribution in [2.24, 2.45) is 10.7 Å². The molecular weight excluding hydrogens is 352 g/mol. The third-order valence-electron chi connectivity index (χ3n) is 4.25. The predicted octanol–water partition coefficient (Wildman–Crippen LogP) is 1.71. The molecule has 0 aliphatic carbocycles. The Morgan fingerprint density at radius 1 is 1.38 bits per heavy atom. The molecule has 0 saturated carbocycles. The highest BCUT2D eigenvalue weighted by Gasteiger charge is 2.18. The maximum Gasteiger partial charge on any atom is 0.258 e. The van der Waals surface area contributed by atoms with Crippen molar-refractivity contribution in [2.75, 3.05) is 26.2 Å². The predicted molar refractivity (Wildman–Crippen MR) is 105 cm³/mol. The molecule has 26 heavy (non-hydrogen) atoms. The van der Waals surface area contributed by atoms with E-state index in [0.717, 1.165) is 32.0 Å². The van der Waals surface area contributed by atoms with Crippen LogP contribution < -0.4 is 11.3 Å². The summed E-state index contributed by atoms with van der Waals surface area (Å²) in [6.45, 7) is 7.84. The van der Waals surface area contributed by atoms with E-state index in [2.05, 4.69) is 31.3 Å². The second-order valence-electron chi connectivity index (χ2n) is 6.02. The summed E-state index contributed by atoms with van der Waals surface area (Å²) in [5.74, 6) is 1.36. The van der Waals surface area contributed by atoms with Crippen LogP contribution in [0.5, 0.6) is 0 Å². The first-order valence-electron chi connectivity index (χ1n) is 8.32. The van der Waals surface area contributed by atoms with Crippen molar-refractivity contribution in [2.45, 2.75) is 6.54 Å². The molecule has 7 nitrogen and oxygen atoms in total. The van der Waals surface area contributed by atoms with Crippen LogP contribution in [-0.2, 0) is 6.54 Å². The van der Waals surface area contributed by atoms with Crippen LogP contribution in [0.4, 0.5) is 0 Å². The quantitative estimate of drug-likeness (QED) is 0.780. The zero-order valence-corrected chi connectivity index (χ0v) is 15.1. The van der Waals surface area contributed by atoms with E-state index in [-0.39, 0.29) is 5.56 Å². The number of aromatic nitrogens is 2. The lowest BCUT2D eigenvalue weighted by molar-refractivity contribution is 0.149. The number of piperazine rings is 1. The maximum atomic E-state index is 12.2. The van der Waals surface area contributed by atoms with Gasteiger partial charge >= 0.3 is 0 Å². The summed E-state index contributed by atoms with van der Waals surface area (Å²) in [6, 6.07) is 5.10. The van der Waals surface area contributed by atoms with Gasteiger partial charge in [0.25, 0.3) is 5.56 Å². The van der Waals surface area contributed by atoms with Gasteiger partial charge in [0.15, 0.2) is 0 Å². The highest BCUT2D eigenvalue weighted by Crippen LogP contribution is 2.15. The van der Waals surface area contributed by atoms with Gasteiger partial charge in [0.2, 0.25) is 0 Å². The Labute approximate surface area is 156 Å². The SMILES string of the molecule is C=C(/N=C\C=C/N)N1CCN(Cc2nc3cc(Cl)ccc3c(=O)[nH]2)CC1. The van der Waals surface area contributed by atoms with Crippen LogP contribution in [-0.4, -0.2) is 52.2 Å². The van der Waals surface area contributed by atoms with Gasteiger partial charge in [-0.2, -0.15) is 0 Å². The number of nitrogens with two attached hydrogens (primary N) is 1. The number of aliphatic imine (C=N–C) groups is 1. The van der Waals surface area contributed by atoms with Crippen LogP contribution >= 0.6 is 11.6 Å². The molecule has 0 amide bonds. The highest BCUT2D eigenvalue weighted by molar-refractivity contribution is 6.31. The number of nitrogens with zero attached hydrogens (tertiary/aromatic N) is 4. The van der Waals surface area contributed by atoms with E-state index in [4.69, 9.17) is 17.3 Å². The Kier molecular flexibility index (Phi) is 5.70. The zero-order valence-electron chi connectivity index (χ0n) is 14.4. The smallest absolute Gasteiger partial charge is 0.258 e. The zero-order chi connectivity index (χ0) is 18.5. The third-order valence-corrected chi connectivity index (χ3v) is 4.48. The molecule has 1 aromatic heterocycles. The minimum absolute atomic E-state index is 0.143. The van der Waals surface area contributed by atoms with Crippen molar-refractivity contribution in [3.8, 4) is 0 Å². The van der Waals surface area contributed by atoms with Crippen LogP contribution in [0.1, 0.15) is 5.82 Å². The summed E-state index contributed by atoms with van der Waals surface area (Å²) in [5.41, 5.74) is 5.75. The molecule has 0 unspecified atom stereocenters. The molecule has 1 aliphatic rings. The fourth-order valence-electron chi connectivity index (χ4n) is 2.87. The standard InChI is InChI=1S/C18H21ClN6O/c1-13(21-6-2-5-20)25-9-7-24(8-10-25)12-17-22-16-11-14(19)3-4-15(16)18(26)23-17/h2-6,11H,1,7-10,12,20H2,(H,22,23,26)/b5-2-,21-6-. The molecule has 0 radical (unpaired) electrons. The summed E-state index contributed by atoms with van der Waals surface area (Å²) < 4.78 is 0. The first kappa shape index (κ1) is 18.2. The highest BCUT2D eigenvalue weighted by atomic mass is 35.5. The van der Waals surface area contributed by atoms with Crippen LogP contribution in [0.15, 0.2) is 52.7 Å². The lowest BCUT2D eigenvalue weighted by Gasteiger charge is -2.35. The molecule has 1 saturated heterocycles. The molecule has 1 aromatic carbocycles. The van der Waals surface area contributed by atoms with Crippen molar-refractivity contribution in [3.63, 3.8) is 0 Å². The molecule has 0 bridgehead atoms. The molecular formula is C18H21ClN6O. The van der Waals surface area contributed by atoms with Gasteiger partial charge in [0.1, 0.15) is 11.6 Å². The van der Waals surface area contributed by atoms with Crippen LogP contribution in [0, 0.1) is 0 Å². The number of hydrogen-bond acceptors (Lipinski definition) is 6. The number of aromatic amines is 1. The molecule has 3 N–H and O–H groups in total. The molecule has 2 aromatic rings. The number of benzene rings is 1. The van der Waals surface area contributed by atoms with E-state index in [1.165, 1.54) is 6.20 Å². The summed E-state index contributed by atoms with van der Waals surface area (Å²) >= 11 is 6.01. The Morgan fingerprint density at radius 3 is 2.88 bits per heavy atom. The van der Waals surface area contributed by atoms with Crippen LogP contribution in [0.2, 0.25) is 5.02 Å². The van der Waals surface area contributed by atoms with E-state index in [1.807, 2.05) is 0 Å². The molecule has 8 heteroatoms. The van der Waals surface area contributed by atoms with E-state index in [9.17, 15) is 4.79 Å². The number of halogens is 1. The summed E-state index contributed by atoms with van der Waals surface area (Å²) in [5, 5.41) is 1.11. The second-order valence-corrected chi connectivity index (χ2v) is 6.45. The molecule has 0 atom stereocenters. The number of allylic oxidation sites excluding steroid dienone is 1. The normalized spacial score (nSPS) is 16.1. The summed E-state index contributed by atoms with van der Waals surface area (Å²) in [7, 11) is 0. The Hall–Kier alpha value is -2.64. The van der Waals surface area contributed by atoms with E-state index >= 15 is 0 Å². The van der Waals surface area contributed by atoms with Gasteiger partial charge in [-0.1, -0.05) is 18.2 Å². The van der Waals surface area contributed by atoms with Gasteiger partial charge in [-0.25, -0.2) is 9.98 Å². The van der Waals surface area contributed by atoms with Gasteiger partial charge in [0, 0.05) is 37.4 Å².